The molecular formula is C11H13BrN2O. The number of benzene rings is 1. The number of rotatable bonds is 2. The molecule has 15 heavy (non-hydrogen) atoms. The predicted molar refractivity (Wildman–Crippen MR) is 63.8 cm³/mol. The molecule has 0 aliphatic carbocycles. The van der Waals surface area contributed by atoms with Gasteiger partial charge in [-0.1, -0.05) is 15.9 Å². The Morgan fingerprint density at radius 1 is 1.40 bits per heavy atom. The van der Waals surface area contributed by atoms with Gasteiger partial charge in [0.15, 0.2) is 0 Å². The summed E-state index contributed by atoms with van der Waals surface area (Å²) < 4.78 is 1.04. The monoisotopic (exact) mass is 268 g/mol. The molecule has 0 radical (unpaired) electrons. The van der Waals surface area contributed by atoms with E-state index < -0.39 is 0 Å². The Labute approximate surface area is 97.6 Å². The van der Waals surface area contributed by atoms with Crippen LogP contribution in [0.25, 0.3) is 0 Å². The minimum Gasteiger partial charge on any atom is -0.374 e. The molecule has 1 aromatic rings. The zero-order valence-electron chi connectivity index (χ0n) is 8.53. The molecule has 0 saturated carbocycles. The average Bonchev–Trinajstić information content (AvgIpc) is 2.53. The Balaban J connectivity index is 2.03. The first kappa shape index (κ1) is 10.5. The lowest BCUT2D eigenvalue weighted by Gasteiger charge is -2.13. The predicted octanol–water partition coefficient (Wildman–Crippen LogP) is 2.09. The van der Waals surface area contributed by atoms with Crippen molar-refractivity contribution in [3.63, 3.8) is 0 Å². The van der Waals surface area contributed by atoms with Gasteiger partial charge in [-0.05, 0) is 30.7 Å². The van der Waals surface area contributed by atoms with Crippen molar-refractivity contribution >= 4 is 27.5 Å². The van der Waals surface area contributed by atoms with Gasteiger partial charge in [-0.15, -0.1) is 0 Å². The summed E-state index contributed by atoms with van der Waals surface area (Å²) in [5, 5.41) is 3.24. The summed E-state index contributed by atoms with van der Waals surface area (Å²) in [5.41, 5.74) is 0.992. The van der Waals surface area contributed by atoms with Gasteiger partial charge in [-0.2, -0.15) is 0 Å². The van der Waals surface area contributed by atoms with Crippen molar-refractivity contribution in [2.24, 2.45) is 0 Å². The number of amides is 1. The zero-order chi connectivity index (χ0) is 10.8. The fourth-order valence-corrected chi connectivity index (χ4v) is 1.97. The van der Waals surface area contributed by atoms with Gasteiger partial charge in [0.2, 0.25) is 5.91 Å². The van der Waals surface area contributed by atoms with Gasteiger partial charge < -0.3 is 10.2 Å². The minimum absolute atomic E-state index is 0.0591. The maximum atomic E-state index is 11.6. The van der Waals surface area contributed by atoms with Gasteiger partial charge in [0.05, 0.1) is 0 Å². The van der Waals surface area contributed by atoms with E-state index >= 15 is 0 Å². The molecular weight excluding hydrogens is 256 g/mol. The first-order chi connectivity index (χ1) is 7.16. The van der Waals surface area contributed by atoms with Crippen LogP contribution in [-0.4, -0.2) is 30.4 Å². The normalized spacial score (nSPS) is 20.8. The van der Waals surface area contributed by atoms with E-state index in [-0.39, 0.29) is 11.9 Å². The van der Waals surface area contributed by atoms with E-state index in [1.165, 1.54) is 0 Å². The maximum Gasteiger partial charge on any atom is 0.244 e. The van der Waals surface area contributed by atoms with Crippen molar-refractivity contribution < 1.29 is 4.79 Å². The van der Waals surface area contributed by atoms with Crippen LogP contribution in [0.2, 0.25) is 0 Å². The summed E-state index contributed by atoms with van der Waals surface area (Å²) in [4.78, 5) is 13.4. The average molecular weight is 269 g/mol. The highest BCUT2D eigenvalue weighted by Gasteiger charge is 2.28. The third-order valence-electron chi connectivity index (χ3n) is 2.61. The fourth-order valence-electron chi connectivity index (χ4n) is 1.70. The number of anilines is 1. The number of hydrogen-bond donors (Lipinski definition) is 1. The summed E-state index contributed by atoms with van der Waals surface area (Å²) in [6.45, 7) is 0.840. The van der Waals surface area contributed by atoms with E-state index in [9.17, 15) is 4.79 Å². The van der Waals surface area contributed by atoms with E-state index in [0.717, 1.165) is 23.1 Å². The molecule has 1 unspecified atom stereocenters. The van der Waals surface area contributed by atoms with Crippen molar-refractivity contribution in [3.05, 3.63) is 28.7 Å². The number of hydrogen-bond acceptors (Lipinski definition) is 2. The Bertz CT molecular complexity index is 363. The third kappa shape index (κ3) is 2.31. The number of carbonyl (C=O) groups is 1. The second-order valence-electron chi connectivity index (χ2n) is 3.75. The SMILES string of the molecule is CN1CCC(Nc2ccc(Br)cc2)C1=O. The van der Waals surface area contributed by atoms with E-state index in [1.807, 2.05) is 31.3 Å². The highest BCUT2D eigenvalue weighted by molar-refractivity contribution is 9.10. The maximum absolute atomic E-state index is 11.6. The van der Waals surface area contributed by atoms with Crippen molar-refractivity contribution in [2.45, 2.75) is 12.5 Å². The molecule has 0 aromatic heterocycles. The quantitative estimate of drug-likeness (QED) is 0.891. The Morgan fingerprint density at radius 2 is 2.07 bits per heavy atom. The fraction of sp³-hybridized carbons (Fsp3) is 0.364. The molecule has 1 aromatic carbocycles. The molecule has 80 valence electrons. The molecule has 4 heteroatoms. The molecule has 0 bridgehead atoms. The highest BCUT2D eigenvalue weighted by Crippen LogP contribution is 2.18. The van der Waals surface area contributed by atoms with E-state index in [1.54, 1.807) is 4.90 Å². The molecule has 0 spiro atoms. The first-order valence-electron chi connectivity index (χ1n) is 4.94. The molecule has 1 N–H and O–H groups in total. The largest absolute Gasteiger partial charge is 0.374 e. The van der Waals surface area contributed by atoms with E-state index in [0.29, 0.717) is 0 Å². The molecule has 1 aliphatic heterocycles. The van der Waals surface area contributed by atoms with Crippen LogP contribution in [0.3, 0.4) is 0 Å². The van der Waals surface area contributed by atoms with Crippen LogP contribution >= 0.6 is 15.9 Å². The van der Waals surface area contributed by atoms with Gasteiger partial charge in [0, 0.05) is 23.8 Å². The van der Waals surface area contributed by atoms with Crippen LogP contribution in [0.5, 0.6) is 0 Å². The van der Waals surface area contributed by atoms with E-state index in [2.05, 4.69) is 21.2 Å². The second kappa shape index (κ2) is 4.23. The summed E-state index contributed by atoms with van der Waals surface area (Å²) in [7, 11) is 1.84. The van der Waals surface area contributed by atoms with Crippen molar-refractivity contribution in [3.8, 4) is 0 Å². The number of nitrogens with one attached hydrogen (secondary N) is 1. The van der Waals surface area contributed by atoms with Crippen molar-refractivity contribution in [2.75, 3.05) is 18.9 Å². The minimum atomic E-state index is -0.0591. The van der Waals surface area contributed by atoms with Crippen LogP contribution < -0.4 is 5.32 Å². The zero-order valence-corrected chi connectivity index (χ0v) is 10.1. The molecule has 1 aliphatic rings. The van der Waals surface area contributed by atoms with E-state index in [4.69, 9.17) is 0 Å². The molecule has 1 heterocycles. The molecule has 1 fully saturated rings. The topological polar surface area (TPSA) is 32.3 Å². The lowest BCUT2D eigenvalue weighted by molar-refractivity contribution is -0.127. The molecule has 1 atom stereocenters. The van der Waals surface area contributed by atoms with Gasteiger partial charge in [-0.25, -0.2) is 0 Å². The van der Waals surface area contributed by atoms with Crippen LogP contribution in [-0.2, 0) is 4.79 Å². The highest BCUT2D eigenvalue weighted by atomic mass is 79.9. The number of carbonyl (C=O) groups excluding carboxylic acids is 1. The molecule has 2 rings (SSSR count). The molecule has 1 amide bonds. The Kier molecular flexibility index (Phi) is 2.95. The van der Waals surface area contributed by atoms with Crippen molar-refractivity contribution in [1.29, 1.82) is 0 Å². The number of halogens is 1. The van der Waals surface area contributed by atoms with Crippen LogP contribution in [0, 0.1) is 0 Å². The lowest BCUT2D eigenvalue weighted by Crippen LogP contribution is -2.30. The number of likely N-dealkylation sites (tertiary alicyclic amines) is 1. The lowest BCUT2D eigenvalue weighted by atomic mass is 10.2. The summed E-state index contributed by atoms with van der Waals surface area (Å²) >= 11 is 3.38. The third-order valence-corrected chi connectivity index (χ3v) is 3.14. The summed E-state index contributed by atoms with van der Waals surface area (Å²) in [5.74, 6) is 0.179. The first-order valence-corrected chi connectivity index (χ1v) is 5.73. The Hall–Kier alpha value is -1.03. The van der Waals surface area contributed by atoms with Gasteiger partial charge in [0.25, 0.3) is 0 Å². The molecule has 3 nitrogen and oxygen atoms in total. The summed E-state index contributed by atoms with van der Waals surface area (Å²) in [6, 6.07) is 7.80. The number of likely N-dealkylation sites (N-methyl/N-ethyl adjacent to an activating group) is 1. The smallest absolute Gasteiger partial charge is 0.244 e. The number of nitrogens with zero attached hydrogens (tertiary/aromatic N) is 1. The van der Waals surface area contributed by atoms with Gasteiger partial charge >= 0.3 is 0 Å². The van der Waals surface area contributed by atoms with Crippen LogP contribution in [0.15, 0.2) is 28.7 Å². The van der Waals surface area contributed by atoms with Gasteiger partial charge in [-0.3, -0.25) is 4.79 Å². The second-order valence-corrected chi connectivity index (χ2v) is 4.67. The van der Waals surface area contributed by atoms with Crippen molar-refractivity contribution in [1.82, 2.24) is 4.90 Å². The Morgan fingerprint density at radius 3 is 2.60 bits per heavy atom. The van der Waals surface area contributed by atoms with Gasteiger partial charge in [0.1, 0.15) is 6.04 Å². The van der Waals surface area contributed by atoms with Crippen LogP contribution in [0.4, 0.5) is 5.69 Å². The van der Waals surface area contributed by atoms with Crippen LogP contribution in [0.1, 0.15) is 6.42 Å². The standard InChI is InChI=1S/C11H13BrN2O/c1-14-7-6-10(11(14)15)13-9-4-2-8(12)3-5-9/h2-5,10,13H,6-7H2,1H3. The summed E-state index contributed by atoms with van der Waals surface area (Å²) in [6.07, 6.45) is 0.880. The molecule has 1 saturated heterocycles.